The van der Waals surface area contributed by atoms with Crippen molar-refractivity contribution in [1.29, 1.82) is 0 Å². The van der Waals surface area contributed by atoms with Crippen LogP contribution in [0.2, 0.25) is 0 Å². The van der Waals surface area contributed by atoms with E-state index in [1.54, 1.807) is 0 Å². The van der Waals surface area contributed by atoms with E-state index in [1.807, 2.05) is 0 Å². The summed E-state index contributed by atoms with van der Waals surface area (Å²) < 4.78 is 0. The van der Waals surface area contributed by atoms with Gasteiger partial charge in [-0.3, -0.25) is 0 Å². The van der Waals surface area contributed by atoms with Gasteiger partial charge in [-0.05, 0) is 6.42 Å². The average molecular weight is 343 g/mol. The van der Waals surface area contributed by atoms with Crippen molar-refractivity contribution in [2.24, 2.45) is 0 Å². The number of carbonyl (C=O) groups is 1. The Hall–Kier alpha value is -0.570. The number of hydrogen-bond acceptors (Lipinski definition) is 2. The lowest BCUT2D eigenvalue weighted by atomic mass is 10.0. The van der Waals surface area contributed by atoms with Crippen LogP contribution in [-0.2, 0) is 4.79 Å². The van der Waals surface area contributed by atoms with Gasteiger partial charge in [0.05, 0.1) is 0 Å². The molecule has 24 heavy (non-hydrogen) atoms. The molecular formula is C21H42O3. The maximum Gasteiger partial charge on any atom is 0.332 e. The molecule has 1 atom stereocenters. The zero-order valence-corrected chi connectivity index (χ0v) is 16.1. The first-order valence-electron chi connectivity index (χ1n) is 10.6. The highest BCUT2D eigenvalue weighted by Crippen LogP contribution is 2.14. The van der Waals surface area contributed by atoms with E-state index in [0.717, 1.165) is 12.8 Å². The van der Waals surface area contributed by atoms with Crippen LogP contribution >= 0.6 is 0 Å². The van der Waals surface area contributed by atoms with Gasteiger partial charge in [-0.15, -0.1) is 0 Å². The normalized spacial score (nSPS) is 12.4. The fourth-order valence-electron chi connectivity index (χ4n) is 3.19. The highest BCUT2D eigenvalue weighted by molar-refractivity contribution is 5.71. The first-order chi connectivity index (χ1) is 11.7. The molecule has 0 saturated heterocycles. The molecule has 3 nitrogen and oxygen atoms in total. The van der Waals surface area contributed by atoms with Crippen molar-refractivity contribution in [1.82, 2.24) is 0 Å². The first kappa shape index (κ1) is 23.4. The molecule has 0 heterocycles. The lowest BCUT2D eigenvalue weighted by molar-refractivity contribution is -0.146. The summed E-state index contributed by atoms with van der Waals surface area (Å²) in [5, 5.41) is 17.7. The third kappa shape index (κ3) is 17.8. The molecule has 0 aliphatic carbocycles. The van der Waals surface area contributed by atoms with E-state index >= 15 is 0 Å². The molecule has 0 rings (SSSR count). The Morgan fingerprint density at radius 3 is 1.21 bits per heavy atom. The SMILES string of the molecule is CCCCCCCCCCCCCCCCCCCC(O)C(=O)O. The minimum atomic E-state index is -1.17. The van der Waals surface area contributed by atoms with Gasteiger partial charge in [0.15, 0.2) is 6.10 Å². The van der Waals surface area contributed by atoms with Crippen molar-refractivity contribution < 1.29 is 15.0 Å². The highest BCUT2D eigenvalue weighted by Gasteiger charge is 2.11. The minimum absolute atomic E-state index is 0.397. The number of carboxylic acid groups (broad SMARTS) is 1. The summed E-state index contributed by atoms with van der Waals surface area (Å²) in [5.41, 5.74) is 0. The van der Waals surface area contributed by atoms with Gasteiger partial charge in [0, 0.05) is 0 Å². The van der Waals surface area contributed by atoms with Gasteiger partial charge in [0.25, 0.3) is 0 Å². The second-order valence-corrected chi connectivity index (χ2v) is 7.30. The van der Waals surface area contributed by atoms with Gasteiger partial charge in [0.2, 0.25) is 0 Å². The standard InChI is InChI=1S/C21H42O3/c1-2-3-4-5-6-7-8-9-10-11-12-13-14-15-16-17-18-19-20(22)21(23)24/h20,22H,2-19H2,1H3,(H,23,24). The van der Waals surface area contributed by atoms with Crippen molar-refractivity contribution in [3.05, 3.63) is 0 Å². The molecule has 0 bridgehead atoms. The molecule has 0 aliphatic rings. The lowest BCUT2D eigenvalue weighted by Crippen LogP contribution is -2.18. The van der Waals surface area contributed by atoms with Crippen LogP contribution in [0.4, 0.5) is 0 Å². The predicted octanol–water partition coefficient (Wildman–Crippen LogP) is 6.47. The number of hydrogen-bond donors (Lipinski definition) is 2. The van der Waals surface area contributed by atoms with Crippen molar-refractivity contribution in [2.75, 3.05) is 0 Å². The maximum absolute atomic E-state index is 10.5. The third-order valence-corrected chi connectivity index (χ3v) is 4.87. The third-order valence-electron chi connectivity index (χ3n) is 4.87. The Morgan fingerprint density at radius 1 is 0.625 bits per heavy atom. The molecular weight excluding hydrogens is 300 g/mol. The van der Waals surface area contributed by atoms with E-state index in [-0.39, 0.29) is 0 Å². The van der Waals surface area contributed by atoms with Crippen LogP contribution in [0, 0.1) is 0 Å². The molecule has 0 amide bonds. The zero-order chi connectivity index (χ0) is 17.9. The largest absolute Gasteiger partial charge is 0.479 e. The Labute approximate surface area is 150 Å². The van der Waals surface area contributed by atoms with Crippen molar-refractivity contribution in [3.63, 3.8) is 0 Å². The number of rotatable bonds is 19. The second-order valence-electron chi connectivity index (χ2n) is 7.30. The molecule has 0 spiro atoms. The Morgan fingerprint density at radius 2 is 0.917 bits per heavy atom. The van der Waals surface area contributed by atoms with Crippen LogP contribution < -0.4 is 0 Å². The zero-order valence-electron chi connectivity index (χ0n) is 16.1. The van der Waals surface area contributed by atoms with Gasteiger partial charge in [-0.25, -0.2) is 4.79 Å². The van der Waals surface area contributed by atoms with Crippen LogP contribution in [0.5, 0.6) is 0 Å². The summed E-state index contributed by atoms with van der Waals surface area (Å²) in [6, 6.07) is 0. The number of aliphatic hydroxyl groups excluding tert-OH is 1. The molecule has 3 heteroatoms. The van der Waals surface area contributed by atoms with Crippen molar-refractivity contribution >= 4 is 5.97 Å². The van der Waals surface area contributed by atoms with E-state index in [2.05, 4.69) is 6.92 Å². The minimum Gasteiger partial charge on any atom is -0.479 e. The van der Waals surface area contributed by atoms with Gasteiger partial charge in [0.1, 0.15) is 0 Å². The Balaban J connectivity index is 3.04. The molecule has 144 valence electrons. The van der Waals surface area contributed by atoms with E-state index in [4.69, 9.17) is 10.2 Å². The Kier molecular flexibility index (Phi) is 18.3. The summed E-state index contributed by atoms with van der Waals surface area (Å²) in [6.07, 6.45) is 21.6. The molecule has 0 aromatic heterocycles. The second kappa shape index (κ2) is 18.8. The number of aliphatic carboxylic acids is 1. The molecule has 0 radical (unpaired) electrons. The van der Waals surface area contributed by atoms with Crippen LogP contribution in [0.1, 0.15) is 122 Å². The van der Waals surface area contributed by atoms with E-state index in [9.17, 15) is 4.79 Å². The summed E-state index contributed by atoms with van der Waals surface area (Å²) in [5.74, 6) is -1.09. The van der Waals surface area contributed by atoms with Gasteiger partial charge < -0.3 is 10.2 Å². The van der Waals surface area contributed by atoms with Crippen molar-refractivity contribution in [2.45, 2.75) is 129 Å². The number of carboxylic acids is 1. The molecule has 2 N–H and O–H groups in total. The van der Waals surface area contributed by atoms with Crippen molar-refractivity contribution in [3.8, 4) is 0 Å². The Bertz CT molecular complexity index is 266. The maximum atomic E-state index is 10.5. The molecule has 1 unspecified atom stereocenters. The summed E-state index contributed by atoms with van der Waals surface area (Å²) in [4.78, 5) is 10.5. The molecule has 0 saturated carbocycles. The van der Waals surface area contributed by atoms with Gasteiger partial charge in [-0.2, -0.15) is 0 Å². The average Bonchev–Trinajstić information content (AvgIpc) is 2.57. The number of unbranched alkanes of at least 4 members (excludes halogenated alkanes) is 16. The highest BCUT2D eigenvalue weighted by atomic mass is 16.4. The summed E-state index contributed by atoms with van der Waals surface area (Å²) in [6.45, 7) is 2.27. The van der Waals surface area contributed by atoms with E-state index in [0.29, 0.717) is 6.42 Å². The van der Waals surface area contributed by atoms with Crippen LogP contribution in [0.25, 0.3) is 0 Å². The first-order valence-corrected chi connectivity index (χ1v) is 10.6. The smallest absolute Gasteiger partial charge is 0.332 e. The molecule has 0 aromatic rings. The quantitative estimate of drug-likeness (QED) is 0.264. The monoisotopic (exact) mass is 342 g/mol. The van der Waals surface area contributed by atoms with E-state index in [1.165, 1.54) is 96.3 Å². The van der Waals surface area contributed by atoms with Gasteiger partial charge in [-0.1, -0.05) is 116 Å². The van der Waals surface area contributed by atoms with E-state index < -0.39 is 12.1 Å². The predicted molar refractivity (Wildman–Crippen MR) is 102 cm³/mol. The molecule has 0 aromatic carbocycles. The summed E-state index contributed by atoms with van der Waals surface area (Å²) in [7, 11) is 0. The lowest BCUT2D eigenvalue weighted by Gasteiger charge is -2.05. The van der Waals surface area contributed by atoms with Crippen LogP contribution in [0.15, 0.2) is 0 Å². The number of aliphatic hydroxyl groups is 1. The molecule has 0 aliphatic heterocycles. The van der Waals surface area contributed by atoms with Gasteiger partial charge >= 0.3 is 5.97 Å². The fraction of sp³-hybridized carbons (Fsp3) is 0.952. The van der Waals surface area contributed by atoms with Crippen LogP contribution in [-0.4, -0.2) is 22.3 Å². The fourth-order valence-corrected chi connectivity index (χ4v) is 3.19. The molecule has 0 fully saturated rings. The van der Waals surface area contributed by atoms with Crippen LogP contribution in [0.3, 0.4) is 0 Å². The summed E-state index contributed by atoms with van der Waals surface area (Å²) >= 11 is 0. The topological polar surface area (TPSA) is 57.5 Å².